The number of hydrogen-bond acceptors (Lipinski definition) is 22. The zero-order chi connectivity index (χ0) is 54.9. The molecule has 3 unspecified atom stereocenters. The lowest BCUT2D eigenvalue weighted by atomic mass is 9.79. The van der Waals surface area contributed by atoms with Gasteiger partial charge in [-0.05, 0) is 62.5 Å². The van der Waals surface area contributed by atoms with Gasteiger partial charge in [0.15, 0.2) is 17.4 Å². The summed E-state index contributed by atoms with van der Waals surface area (Å²) in [7, 11) is 0. The van der Waals surface area contributed by atoms with Gasteiger partial charge in [0.25, 0.3) is 0 Å². The average Bonchev–Trinajstić information content (AvgIpc) is 4.05. The van der Waals surface area contributed by atoms with Crippen molar-refractivity contribution >= 4 is 5.97 Å². The van der Waals surface area contributed by atoms with Crippen LogP contribution in [0.2, 0.25) is 0 Å². The van der Waals surface area contributed by atoms with Gasteiger partial charge in [-0.1, -0.05) is 20.1 Å². The first-order valence-electron chi connectivity index (χ1n) is 29.9. The average molecular weight is 1120 g/mol. The van der Waals surface area contributed by atoms with Gasteiger partial charge < -0.3 is 104 Å². The van der Waals surface area contributed by atoms with Crippen molar-refractivity contribution < 1.29 is 97.0 Å². The summed E-state index contributed by atoms with van der Waals surface area (Å²) >= 11 is 0. The molecular formula is C57H86N2O20. The van der Waals surface area contributed by atoms with E-state index in [2.05, 4.69) is 13.2 Å². The van der Waals surface area contributed by atoms with Gasteiger partial charge in [0.1, 0.15) is 18.3 Å². The molecule has 0 aliphatic carbocycles. The standard InChI is InChI=1S/C57H86N2O20/c1-25-12-31-8-10-56-24-57(65,66)54(79-56)51-27(3)50(78-56)53-38(74-51)7-5-30(70-53)17-49(64)73-47-21-46-45(72-44(47)18-39-26(2)33(58)14-29(68-39)4-6-37(25)67-31)20-43-42(71-46)16-32(69-43)15-41-35(62)9-11-55(76-41)22-34(59)52-48(77-55)19-40(75-52)36(63)13-28(61)23-60/h27-48,50-54,60-63,65-66H,1-2,4-24,58-59H2,3H3/t27-,28+,29-,30+,31-,32-,33+,34-,35-,36-,37-,38-,39+,40-,41-,42?,43+,44-,45-,46?,47+,48-,50+,51+,52-,53-,54?,55+,56+/m0/s1. The largest absolute Gasteiger partial charge is 0.459 e. The lowest BCUT2D eigenvalue weighted by Gasteiger charge is -2.51. The molecule has 0 radical (unpaired) electrons. The second-order valence-corrected chi connectivity index (χ2v) is 26.1. The first-order valence-corrected chi connectivity index (χ1v) is 29.9. The first kappa shape index (κ1) is 56.3. The molecule has 13 fully saturated rings. The normalized spacial score (nSPS) is 53.2. The third-order valence-corrected chi connectivity index (χ3v) is 20.4. The third-order valence-electron chi connectivity index (χ3n) is 20.4. The molecule has 0 amide bonds. The maximum Gasteiger partial charge on any atom is 0.308 e. The second-order valence-electron chi connectivity index (χ2n) is 26.1. The Kier molecular flexibility index (Phi) is 15.6. The Morgan fingerprint density at radius 2 is 1.37 bits per heavy atom. The minimum absolute atomic E-state index is 0.0150. The molecule has 29 atom stereocenters. The van der Waals surface area contributed by atoms with Crippen molar-refractivity contribution in [3.05, 3.63) is 24.3 Å². The number of esters is 1. The summed E-state index contributed by atoms with van der Waals surface area (Å²) in [6, 6.07) is -0.783. The van der Waals surface area contributed by atoms with Crippen molar-refractivity contribution in [1.29, 1.82) is 0 Å². The SMILES string of the molecule is C=C1C[C@@H]2CC[C@]34CC(O)(O)C(O3)[C@@H]3O[C@H]5CC[C@H](CC(=O)O[C@@H]6CC7OC8C[C@H](C[C@@H]9O[C@@]%10(CC[C@@H]9O)C[C@H](N)[C@@H]9O[C@H]([C@@H](O)C[C@@H](O)CO)C[C@@H]9O%10)O[C@@H]8C[C@@H]7O[C@H]6C[C@H]6O[C@@H](CC[C@@H]1O2)C[C@@H](N)C6=C)O[C@@H]5[C@H](O4)[C@@H]3C. The quantitative estimate of drug-likeness (QED) is 0.105. The van der Waals surface area contributed by atoms with Crippen molar-refractivity contribution in [2.45, 2.75) is 311 Å². The molecule has 444 valence electrons. The molecule has 0 saturated carbocycles. The summed E-state index contributed by atoms with van der Waals surface area (Å²) in [4.78, 5) is 14.4. The van der Waals surface area contributed by atoms with E-state index in [0.717, 1.165) is 11.1 Å². The summed E-state index contributed by atoms with van der Waals surface area (Å²) in [6.45, 7) is 10.3. The van der Waals surface area contributed by atoms with E-state index in [0.29, 0.717) is 109 Å². The van der Waals surface area contributed by atoms with Crippen molar-refractivity contribution in [2.24, 2.45) is 17.4 Å². The Morgan fingerprint density at radius 3 is 2.18 bits per heavy atom. The van der Waals surface area contributed by atoms with Gasteiger partial charge in [0, 0.05) is 82.2 Å². The highest BCUT2D eigenvalue weighted by atomic mass is 16.8. The van der Waals surface area contributed by atoms with Crippen LogP contribution in [0.1, 0.15) is 135 Å². The molecule has 22 nitrogen and oxygen atoms in total. The smallest absolute Gasteiger partial charge is 0.308 e. The van der Waals surface area contributed by atoms with Crippen LogP contribution in [-0.2, 0) is 66.4 Å². The van der Waals surface area contributed by atoms with Gasteiger partial charge in [-0.3, -0.25) is 4.79 Å². The van der Waals surface area contributed by atoms with Gasteiger partial charge in [-0.25, -0.2) is 0 Å². The molecule has 13 heterocycles. The third kappa shape index (κ3) is 11.0. The maximum absolute atomic E-state index is 14.4. The predicted molar refractivity (Wildman–Crippen MR) is 272 cm³/mol. The predicted octanol–water partition coefficient (Wildman–Crippen LogP) is 1.000. The van der Waals surface area contributed by atoms with Gasteiger partial charge in [-0.15, -0.1) is 0 Å². The molecule has 2 spiro atoms. The molecule has 22 heteroatoms. The fourth-order valence-electron chi connectivity index (χ4n) is 16.3. The van der Waals surface area contributed by atoms with E-state index in [4.69, 9.17) is 73.0 Å². The van der Waals surface area contributed by atoms with E-state index < -0.39 is 140 Å². The number of carbonyl (C=O) groups is 1. The summed E-state index contributed by atoms with van der Waals surface area (Å²) < 4.78 is 87.1. The molecule has 13 aliphatic heterocycles. The highest BCUT2D eigenvalue weighted by Gasteiger charge is 2.67. The fraction of sp³-hybridized carbons (Fsp3) is 0.912. The van der Waals surface area contributed by atoms with Gasteiger partial charge >= 0.3 is 5.97 Å². The summed E-state index contributed by atoms with van der Waals surface area (Å²) in [5, 5.41) is 64.3. The van der Waals surface area contributed by atoms with E-state index in [1.54, 1.807) is 0 Å². The van der Waals surface area contributed by atoms with E-state index in [9.17, 15) is 35.4 Å². The molecule has 0 aromatic carbocycles. The van der Waals surface area contributed by atoms with Crippen molar-refractivity contribution in [3.8, 4) is 0 Å². The van der Waals surface area contributed by atoms with Crippen LogP contribution in [0.5, 0.6) is 0 Å². The zero-order valence-electron chi connectivity index (χ0n) is 45.4. The molecule has 13 saturated heterocycles. The number of hydrogen-bond donors (Lipinski definition) is 8. The zero-order valence-corrected chi connectivity index (χ0v) is 45.4. The van der Waals surface area contributed by atoms with Crippen molar-refractivity contribution in [3.63, 3.8) is 0 Å². The molecule has 79 heavy (non-hydrogen) atoms. The number of rotatable bonds is 6. The number of aliphatic hydroxyl groups is 6. The molecule has 10 bridgehead atoms. The van der Waals surface area contributed by atoms with Crippen LogP contribution in [0.25, 0.3) is 0 Å². The lowest BCUT2D eigenvalue weighted by molar-refractivity contribution is -0.341. The van der Waals surface area contributed by atoms with Crippen molar-refractivity contribution in [2.75, 3.05) is 6.61 Å². The Labute approximate surface area is 461 Å². The van der Waals surface area contributed by atoms with E-state index in [1.807, 2.05) is 6.92 Å². The Hall–Kier alpha value is -1.85. The summed E-state index contributed by atoms with van der Waals surface area (Å²) in [5.41, 5.74) is 15.3. The van der Waals surface area contributed by atoms with Crippen LogP contribution in [0.3, 0.4) is 0 Å². The minimum Gasteiger partial charge on any atom is -0.459 e. The first-order chi connectivity index (χ1) is 37.8. The van der Waals surface area contributed by atoms with Crippen LogP contribution >= 0.6 is 0 Å². The van der Waals surface area contributed by atoms with Gasteiger partial charge in [0.2, 0.25) is 0 Å². The topological polar surface area (TPSA) is 310 Å². The maximum atomic E-state index is 14.4. The molecular weight excluding hydrogens is 1030 g/mol. The highest BCUT2D eigenvalue weighted by molar-refractivity contribution is 5.70. The van der Waals surface area contributed by atoms with E-state index in [-0.39, 0.29) is 73.9 Å². The number of nitrogens with two attached hydrogens (primary N) is 2. The highest BCUT2D eigenvalue weighted by Crippen LogP contribution is 2.54. The van der Waals surface area contributed by atoms with Crippen LogP contribution < -0.4 is 11.5 Å². The Bertz CT molecular complexity index is 2250. The van der Waals surface area contributed by atoms with Crippen LogP contribution in [0.15, 0.2) is 24.3 Å². The lowest BCUT2D eigenvalue weighted by Crippen LogP contribution is -2.63. The number of aliphatic hydroxyl groups excluding tert-OH is 4. The van der Waals surface area contributed by atoms with Crippen LogP contribution in [0, 0.1) is 5.92 Å². The Balaban J connectivity index is 0.697. The monoisotopic (exact) mass is 1120 g/mol. The molecule has 13 aliphatic rings. The molecule has 13 rings (SSSR count). The number of carbonyl (C=O) groups excluding carboxylic acids is 1. The van der Waals surface area contributed by atoms with Crippen LogP contribution in [0.4, 0.5) is 0 Å². The van der Waals surface area contributed by atoms with Crippen LogP contribution in [-0.4, -0.2) is 219 Å². The van der Waals surface area contributed by atoms with Gasteiger partial charge in [0.05, 0.1) is 148 Å². The summed E-state index contributed by atoms with van der Waals surface area (Å²) in [5.74, 6) is -5.29. The van der Waals surface area contributed by atoms with Gasteiger partial charge in [-0.2, -0.15) is 0 Å². The minimum atomic E-state index is -2.17. The molecule has 0 aromatic heterocycles. The molecule has 10 N–H and O–H groups in total. The number of ether oxygens (including phenoxy) is 13. The van der Waals surface area contributed by atoms with E-state index in [1.165, 1.54) is 0 Å². The second kappa shape index (κ2) is 21.9. The molecule has 0 aromatic rings. The van der Waals surface area contributed by atoms with Crippen molar-refractivity contribution in [1.82, 2.24) is 0 Å². The van der Waals surface area contributed by atoms with E-state index >= 15 is 0 Å². The Morgan fingerprint density at radius 1 is 0.646 bits per heavy atom. The fourth-order valence-corrected chi connectivity index (χ4v) is 16.3. The number of fused-ring (bicyclic) bond motifs is 12. The summed E-state index contributed by atoms with van der Waals surface area (Å²) in [6.07, 6.45) is -4.57.